The second-order valence-corrected chi connectivity index (χ2v) is 6.97. The highest BCUT2D eigenvalue weighted by molar-refractivity contribution is 7.92. The largest absolute Gasteiger partial charge is 0.464 e. The maximum atomic E-state index is 12.5. The molecule has 0 aliphatic rings. The van der Waals surface area contributed by atoms with Gasteiger partial charge in [0.05, 0.1) is 30.0 Å². The third kappa shape index (κ3) is 3.79. The molecule has 0 amide bonds. The molecule has 2 rings (SSSR count). The van der Waals surface area contributed by atoms with Crippen LogP contribution in [0.15, 0.2) is 17.6 Å². The fourth-order valence-corrected chi connectivity index (χ4v) is 3.07. The summed E-state index contributed by atoms with van der Waals surface area (Å²) < 4.78 is 34.4. The summed E-state index contributed by atoms with van der Waals surface area (Å²) in [6, 6.07) is 0.360. The topological polar surface area (TPSA) is 99.0 Å². The molecule has 0 fully saturated rings. The van der Waals surface area contributed by atoms with Crippen molar-refractivity contribution >= 4 is 15.7 Å². The van der Waals surface area contributed by atoms with Crippen LogP contribution in [-0.4, -0.2) is 34.5 Å². The molecule has 0 aromatic carbocycles. The first kappa shape index (κ1) is 17.2. The van der Waals surface area contributed by atoms with Gasteiger partial charge in [0.25, 0.3) is 10.0 Å². The van der Waals surface area contributed by atoms with E-state index in [2.05, 4.69) is 19.7 Å². The van der Waals surface area contributed by atoms with Gasteiger partial charge in [0.2, 0.25) is 0 Å². The Morgan fingerprint density at radius 3 is 2.35 bits per heavy atom. The molecule has 0 aliphatic carbocycles. The minimum Gasteiger partial charge on any atom is -0.464 e. The van der Waals surface area contributed by atoms with Crippen LogP contribution in [0.5, 0.6) is 6.01 Å². The Morgan fingerprint density at radius 1 is 1.26 bits per heavy atom. The quantitative estimate of drug-likeness (QED) is 0.865. The number of hydrogen-bond acceptors (Lipinski definition) is 6. The summed E-state index contributed by atoms with van der Waals surface area (Å²) in [4.78, 5) is 12.3. The molecule has 9 heteroatoms. The summed E-state index contributed by atoms with van der Waals surface area (Å²) in [6.45, 7) is 9.55. The first-order valence-corrected chi connectivity index (χ1v) is 8.77. The fraction of sp³-hybridized carbons (Fsp3) is 0.500. The van der Waals surface area contributed by atoms with Crippen molar-refractivity contribution in [2.24, 2.45) is 0 Å². The molecule has 0 saturated carbocycles. The van der Waals surface area contributed by atoms with Crippen molar-refractivity contribution in [1.29, 1.82) is 0 Å². The molecule has 23 heavy (non-hydrogen) atoms. The second-order valence-electron chi connectivity index (χ2n) is 5.34. The number of aromatic nitrogens is 4. The normalized spacial score (nSPS) is 11.7. The average Bonchev–Trinajstić information content (AvgIpc) is 2.94. The van der Waals surface area contributed by atoms with Crippen LogP contribution in [0.4, 0.5) is 5.69 Å². The third-order valence-electron chi connectivity index (χ3n) is 3.21. The summed E-state index contributed by atoms with van der Waals surface area (Å²) >= 11 is 0. The highest BCUT2D eigenvalue weighted by Gasteiger charge is 2.21. The summed E-state index contributed by atoms with van der Waals surface area (Å²) in [6.07, 6.45) is 2.99. The fourth-order valence-electron chi connectivity index (χ4n) is 1.95. The Hall–Kier alpha value is -2.16. The molecule has 0 bridgehead atoms. The van der Waals surface area contributed by atoms with Crippen molar-refractivity contribution < 1.29 is 13.2 Å². The van der Waals surface area contributed by atoms with E-state index in [4.69, 9.17) is 4.74 Å². The van der Waals surface area contributed by atoms with Crippen molar-refractivity contribution in [1.82, 2.24) is 19.5 Å². The van der Waals surface area contributed by atoms with Gasteiger partial charge < -0.3 is 9.30 Å². The van der Waals surface area contributed by atoms with Crippen LogP contribution in [0.1, 0.15) is 38.2 Å². The zero-order valence-electron chi connectivity index (χ0n) is 13.9. The minimum absolute atomic E-state index is 0.0427. The number of hydrogen-bond donors (Lipinski definition) is 1. The van der Waals surface area contributed by atoms with Gasteiger partial charge in [0.15, 0.2) is 5.03 Å². The third-order valence-corrected chi connectivity index (χ3v) is 4.44. The van der Waals surface area contributed by atoms with Gasteiger partial charge in [-0.05, 0) is 34.6 Å². The van der Waals surface area contributed by atoms with Crippen LogP contribution in [0.25, 0.3) is 0 Å². The van der Waals surface area contributed by atoms with E-state index in [-0.39, 0.29) is 17.1 Å². The van der Waals surface area contributed by atoms with Crippen LogP contribution in [0.2, 0.25) is 0 Å². The van der Waals surface area contributed by atoms with E-state index < -0.39 is 10.0 Å². The molecule has 0 saturated heterocycles. The summed E-state index contributed by atoms with van der Waals surface area (Å²) in [7, 11) is -3.80. The molecule has 0 aliphatic heterocycles. The highest BCUT2D eigenvalue weighted by Crippen LogP contribution is 2.23. The number of rotatable bonds is 6. The van der Waals surface area contributed by atoms with Crippen LogP contribution < -0.4 is 9.46 Å². The summed E-state index contributed by atoms with van der Waals surface area (Å²) in [5, 5.41) is -0.0427. The van der Waals surface area contributed by atoms with Crippen molar-refractivity contribution in [2.75, 3.05) is 11.3 Å². The van der Waals surface area contributed by atoms with Crippen molar-refractivity contribution in [2.45, 2.75) is 45.7 Å². The Morgan fingerprint density at radius 2 is 1.87 bits per heavy atom. The van der Waals surface area contributed by atoms with E-state index in [0.29, 0.717) is 23.7 Å². The average molecular weight is 339 g/mol. The van der Waals surface area contributed by atoms with E-state index in [9.17, 15) is 8.42 Å². The van der Waals surface area contributed by atoms with Crippen molar-refractivity contribution in [3.63, 3.8) is 0 Å². The number of nitrogens with one attached hydrogen (secondary N) is 1. The van der Waals surface area contributed by atoms with Crippen molar-refractivity contribution in [3.8, 4) is 6.01 Å². The van der Waals surface area contributed by atoms with E-state index >= 15 is 0 Å². The molecule has 0 atom stereocenters. The Kier molecular flexibility index (Phi) is 4.88. The van der Waals surface area contributed by atoms with E-state index in [0.717, 1.165) is 0 Å². The summed E-state index contributed by atoms with van der Waals surface area (Å²) in [5.41, 5.74) is 1.33. The number of aryl methyl sites for hydroxylation is 2. The maximum Gasteiger partial charge on any atom is 0.316 e. The predicted octanol–water partition coefficient (Wildman–Crippen LogP) is 2.07. The standard InChI is InChI=1S/C14H21N5O3S/c1-6-22-14-16-10(4)13(11(5)17-14)18-23(20,21)12-7-19(8-15-12)9(2)3/h7-9,18H,6H2,1-5H3. The predicted molar refractivity (Wildman–Crippen MR) is 86.1 cm³/mol. The van der Waals surface area contributed by atoms with Gasteiger partial charge in [0, 0.05) is 12.2 Å². The van der Waals surface area contributed by atoms with Gasteiger partial charge in [-0.25, -0.2) is 4.98 Å². The number of imidazole rings is 1. The van der Waals surface area contributed by atoms with Gasteiger partial charge >= 0.3 is 6.01 Å². The second kappa shape index (κ2) is 6.53. The van der Waals surface area contributed by atoms with Crippen LogP contribution >= 0.6 is 0 Å². The molecule has 126 valence electrons. The Labute approximate surface area is 136 Å². The van der Waals surface area contributed by atoms with Crippen LogP contribution in [0, 0.1) is 13.8 Å². The molecular formula is C14H21N5O3S. The zero-order valence-corrected chi connectivity index (χ0v) is 14.7. The lowest BCUT2D eigenvalue weighted by molar-refractivity contribution is 0.311. The van der Waals surface area contributed by atoms with Gasteiger partial charge in [-0.1, -0.05) is 0 Å². The number of ether oxygens (including phenoxy) is 1. The monoisotopic (exact) mass is 339 g/mol. The van der Waals surface area contributed by atoms with E-state index in [1.165, 1.54) is 12.5 Å². The molecule has 0 radical (unpaired) electrons. The molecular weight excluding hydrogens is 318 g/mol. The molecule has 2 aromatic heterocycles. The maximum absolute atomic E-state index is 12.5. The Balaban J connectivity index is 2.33. The van der Waals surface area contributed by atoms with Crippen LogP contribution in [-0.2, 0) is 10.0 Å². The minimum atomic E-state index is -3.80. The van der Waals surface area contributed by atoms with E-state index in [1.54, 1.807) is 18.4 Å². The summed E-state index contributed by atoms with van der Waals surface area (Å²) in [5.74, 6) is 0. The Bertz CT molecular complexity index is 775. The van der Waals surface area contributed by atoms with Gasteiger partial charge in [0.1, 0.15) is 0 Å². The molecule has 0 spiro atoms. The lowest BCUT2D eigenvalue weighted by Crippen LogP contribution is -2.16. The SMILES string of the molecule is CCOc1nc(C)c(NS(=O)(=O)c2cn(C(C)C)cn2)c(C)n1. The number of anilines is 1. The smallest absolute Gasteiger partial charge is 0.316 e. The van der Waals surface area contributed by atoms with Gasteiger partial charge in [-0.2, -0.15) is 18.4 Å². The molecule has 8 nitrogen and oxygen atoms in total. The highest BCUT2D eigenvalue weighted by atomic mass is 32.2. The van der Waals surface area contributed by atoms with Gasteiger partial charge in [-0.3, -0.25) is 4.72 Å². The first-order valence-electron chi connectivity index (χ1n) is 7.29. The molecule has 1 N–H and O–H groups in total. The number of nitrogens with zero attached hydrogens (tertiary/aromatic N) is 4. The number of sulfonamides is 1. The lowest BCUT2D eigenvalue weighted by Gasteiger charge is -2.12. The molecule has 2 aromatic rings. The van der Waals surface area contributed by atoms with Crippen molar-refractivity contribution in [3.05, 3.63) is 23.9 Å². The molecule has 0 unspecified atom stereocenters. The first-order chi connectivity index (χ1) is 10.7. The lowest BCUT2D eigenvalue weighted by atomic mass is 10.3. The van der Waals surface area contributed by atoms with Gasteiger partial charge in [-0.15, -0.1) is 0 Å². The zero-order chi connectivity index (χ0) is 17.2. The van der Waals surface area contributed by atoms with Crippen LogP contribution in [0.3, 0.4) is 0 Å². The molecule has 2 heterocycles. The van der Waals surface area contributed by atoms with E-state index in [1.807, 2.05) is 20.8 Å².